The Morgan fingerprint density at radius 1 is 0.941 bits per heavy atom. The van der Waals surface area contributed by atoms with Crippen LogP contribution in [0.15, 0.2) is 97.3 Å². The molecule has 172 valence electrons. The molecule has 2 aromatic carbocycles. The normalized spacial score (nSPS) is 17.6. The van der Waals surface area contributed by atoms with E-state index in [0.29, 0.717) is 10.8 Å². The number of benzene rings is 2. The molecule has 0 saturated carbocycles. The maximum Gasteiger partial charge on any atom is 0.170 e. The number of aromatic nitrogens is 2. The predicted octanol–water partition coefficient (Wildman–Crippen LogP) is 5.49. The fraction of sp³-hybridized carbons (Fsp3) is 0.185. The first-order valence-corrected chi connectivity index (χ1v) is 11.8. The first-order chi connectivity index (χ1) is 16.7. The van der Waals surface area contributed by atoms with Crippen LogP contribution in [0.3, 0.4) is 0 Å². The molecule has 0 amide bonds. The largest absolute Gasteiger partial charge is 0.385 e. The minimum absolute atomic E-state index is 0.131. The summed E-state index contributed by atoms with van der Waals surface area (Å²) in [6.45, 7) is 1.57. The van der Waals surface area contributed by atoms with Crippen molar-refractivity contribution in [2.24, 2.45) is 0 Å². The van der Waals surface area contributed by atoms with E-state index < -0.39 is 0 Å². The summed E-state index contributed by atoms with van der Waals surface area (Å²) in [5, 5.41) is 7.62. The van der Waals surface area contributed by atoms with E-state index in [1.807, 2.05) is 65.4 Å². The van der Waals surface area contributed by atoms with E-state index in [1.54, 1.807) is 18.3 Å². The summed E-state index contributed by atoms with van der Waals surface area (Å²) in [6, 6.07) is 26.6. The molecule has 5 nitrogen and oxygen atoms in total. The summed E-state index contributed by atoms with van der Waals surface area (Å²) in [5.41, 5.74) is 3.48. The van der Waals surface area contributed by atoms with Gasteiger partial charge in [0, 0.05) is 36.9 Å². The van der Waals surface area contributed by atoms with Gasteiger partial charge in [-0.1, -0.05) is 36.4 Å². The third-order valence-electron chi connectivity index (χ3n) is 6.07. The second-order valence-corrected chi connectivity index (χ2v) is 8.61. The zero-order chi connectivity index (χ0) is 23.3. The van der Waals surface area contributed by atoms with E-state index in [2.05, 4.69) is 32.7 Å². The minimum Gasteiger partial charge on any atom is -0.385 e. The molecule has 1 saturated heterocycles. The van der Waals surface area contributed by atoms with Crippen molar-refractivity contribution in [3.05, 3.63) is 115 Å². The summed E-state index contributed by atoms with van der Waals surface area (Å²) >= 11 is 5.78. The molecule has 2 aromatic heterocycles. The van der Waals surface area contributed by atoms with Gasteiger partial charge < -0.3 is 20.1 Å². The van der Waals surface area contributed by atoms with E-state index in [4.69, 9.17) is 12.2 Å². The van der Waals surface area contributed by atoms with Gasteiger partial charge in [-0.3, -0.25) is 4.98 Å². The highest BCUT2D eigenvalue weighted by Crippen LogP contribution is 2.39. The third-order valence-corrected chi connectivity index (χ3v) is 6.42. The van der Waals surface area contributed by atoms with Crippen molar-refractivity contribution < 1.29 is 4.39 Å². The van der Waals surface area contributed by atoms with E-state index in [1.165, 1.54) is 6.07 Å². The van der Waals surface area contributed by atoms with Crippen molar-refractivity contribution in [1.29, 1.82) is 0 Å². The smallest absolute Gasteiger partial charge is 0.170 e. The first-order valence-electron chi connectivity index (χ1n) is 11.4. The first kappa shape index (κ1) is 22.1. The molecule has 1 aliphatic rings. The van der Waals surface area contributed by atoms with Crippen molar-refractivity contribution in [3.8, 4) is 5.69 Å². The predicted molar refractivity (Wildman–Crippen MR) is 137 cm³/mol. The summed E-state index contributed by atoms with van der Waals surface area (Å²) in [7, 11) is 0. The standard InChI is InChI=1S/C27H26FN5S/c28-21-12-4-5-14-23(21)32-18-8-15-24(32)26-25(22-13-6-7-16-30-22)31-27(34)33(26)19-9-17-29-20-10-2-1-3-11-20/h1-8,10-16,18,25-26,29H,9,17,19H2,(H,31,34)/t25-,26-/m0/s1. The average Bonchev–Trinajstić information content (AvgIpc) is 3.47. The average molecular weight is 472 g/mol. The third kappa shape index (κ3) is 4.52. The Morgan fingerprint density at radius 3 is 2.53 bits per heavy atom. The highest BCUT2D eigenvalue weighted by atomic mass is 32.1. The molecule has 0 spiro atoms. The number of halogens is 1. The van der Waals surface area contributed by atoms with Crippen LogP contribution < -0.4 is 10.6 Å². The van der Waals surface area contributed by atoms with Crippen LogP contribution in [-0.2, 0) is 0 Å². The lowest BCUT2D eigenvalue weighted by Gasteiger charge is -2.29. The van der Waals surface area contributed by atoms with Gasteiger partial charge >= 0.3 is 0 Å². The summed E-state index contributed by atoms with van der Waals surface area (Å²) in [6.07, 6.45) is 4.59. The summed E-state index contributed by atoms with van der Waals surface area (Å²) in [5.74, 6) is -0.263. The highest BCUT2D eigenvalue weighted by molar-refractivity contribution is 7.80. The molecular weight excluding hydrogens is 445 g/mol. The molecule has 1 fully saturated rings. The number of pyridine rings is 1. The molecule has 0 radical (unpaired) electrons. The van der Waals surface area contributed by atoms with Crippen molar-refractivity contribution >= 4 is 23.0 Å². The van der Waals surface area contributed by atoms with Gasteiger partial charge in [-0.25, -0.2) is 4.39 Å². The van der Waals surface area contributed by atoms with Gasteiger partial charge in [-0.2, -0.15) is 0 Å². The van der Waals surface area contributed by atoms with E-state index in [-0.39, 0.29) is 17.9 Å². The number of thiocarbonyl (C=S) groups is 1. The minimum atomic E-state index is -0.263. The van der Waals surface area contributed by atoms with Crippen molar-refractivity contribution in [2.75, 3.05) is 18.4 Å². The van der Waals surface area contributed by atoms with Crippen LogP contribution in [0.25, 0.3) is 5.69 Å². The summed E-state index contributed by atoms with van der Waals surface area (Å²) in [4.78, 5) is 6.80. The molecule has 34 heavy (non-hydrogen) atoms. The number of para-hydroxylation sites is 2. The number of nitrogens with one attached hydrogen (secondary N) is 2. The molecule has 2 atom stereocenters. The lowest BCUT2D eigenvalue weighted by Crippen LogP contribution is -2.32. The number of rotatable bonds is 8. The zero-order valence-electron chi connectivity index (χ0n) is 18.6. The maximum atomic E-state index is 14.7. The van der Waals surface area contributed by atoms with E-state index in [0.717, 1.165) is 36.6 Å². The van der Waals surface area contributed by atoms with Crippen LogP contribution in [0.5, 0.6) is 0 Å². The molecular formula is C27H26FN5S. The van der Waals surface area contributed by atoms with E-state index in [9.17, 15) is 4.39 Å². The Balaban J connectivity index is 1.44. The Bertz CT molecular complexity index is 1240. The number of hydrogen-bond donors (Lipinski definition) is 2. The molecule has 2 N–H and O–H groups in total. The lowest BCUT2D eigenvalue weighted by molar-refractivity contribution is 0.307. The van der Waals surface area contributed by atoms with Gasteiger partial charge in [0.1, 0.15) is 5.82 Å². The van der Waals surface area contributed by atoms with Gasteiger partial charge in [0.25, 0.3) is 0 Å². The Morgan fingerprint density at radius 2 is 1.74 bits per heavy atom. The number of hydrogen-bond acceptors (Lipinski definition) is 3. The molecule has 4 aromatic rings. The molecule has 5 rings (SSSR count). The monoisotopic (exact) mass is 471 g/mol. The fourth-order valence-electron chi connectivity index (χ4n) is 4.51. The topological polar surface area (TPSA) is 45.1 Å². The van der Waals surface area contributed by atoms with Crippen molar-refractivity contribution in [3.63, 3.8) is 0 Å². The quantitative estimate of drug-likeness (QED) is 0.263. The molecule has 0 bridgehead atoms. The van der Waals surface area contributed by atoms with Crippen LogP contribution in [-0.4, -0.2) is 32.7 Å². The summed E-state index contributed by atoms with van der Waals surface area (Å²) < 4.78 is 16.6. The molecule has 0 aliphatic carbocycles. The van der Waals surface area contributed by atoms with Crippen LogP contribution in [0.2, 0.25) is 0 Å². The highest BCUT2D eigenvalue weighted by Gasteiger charge is 2.41. The Labute approximate surface area is 204 Å². The SMILES string of the molecule is Fc1ccccc1-n1cccc1[C@H]1[C@H](c2ccccn2)NC(=S)N1CCCNc1ccccc1. The van der Waals surface area contributed by atoms with Gasteiger partial charge in [-0.05, 0) is 67.2 Å². The van der Waals surface area contributed by atoms with Crippen molar-refractivity contribution in [1.82, 2.24) is 19.8 Å². The van der Waals surface area contributed by atoms with Gasteiger partial charge in [0.2, 0.25) is 0 Å². The zero-order valence-corrected chi connectivity index (χ0v) is 19.5. The maximum absolute atomic E-state index is 14.7. The number of anilines is 1. The Hall–Kier alpha value is -3.71. The van der Waals surface area contributed by atoms with Gasteiger partial charge in [0.05, 0.1) is 23.5 Å². The van der Waals surface area contributed by atoms with E-state index >= 15 is 0 Å². The van der Waals surface area contributed by atoms with Crippen LogP contribution in [0, 0.1) is 5.82 Å². The second kappa shape index (κ2) is 10.1. The van der Waals surface area contributed by atoms with Crippen LogP contribution >= 0.6 is 12.2 Å². The van der Waals surface area contributed by atoms with Gasteiger partial charge in [0.15, 0.2) is 5.11 Å². The number of nitrogens with zero attached hydrogens (tertiary/aromatic N) is 3. The van der Waals surface area contributed by atoms with Crippen molar-refractivity contribution in [2.45, 2.75) is 18.5 Å². The van der Waals surface area contributed by atoms with Crippen LogP contribution in [0.1, 0.15) is 29.9 Å². The van der Waals surface area contributed by atoms with Crippen LogP contribution in [0.4, 0.5) is 10.1 Å². The Kier molecular flexibility index (Phi) is 6.53. The fourth-order valence-corrected chi connectivity index (χ4v) is 4.84. The second-order valence-electron chi connectivity index (χ2n) is 8.22. The lowest BCUT2D eigenvalue weighted by atomic mass is 10.0. The van der Waals surface area contributed by atoms with Gasteiger partial charge in [-0.15, -0.1) is 0 Å². The molecule has 0 unspecified atom stereocenters. The molecule has 7 heteroatoms. The molecule has 1 aliphatic heterocycles. The molecule has 3 heterocycles.